The van der Waals surface area contributed by atoms with Crippen LogP contribution in [0.3, 0.4) is 0 Å². The van der Waals surface area contributed by atoms with Crippen molar-refractivity contribution in [3.05, 3.63) is 0 Å². The highest BCUT2D eigenvalue weighted by molar-refractivity contribution is 5.74. The van der Waals surface area contributed by atoms with Gasteiger partial charge in [-0.3, -0.25) is 4.79 Å². The second kappa shape index (κ2) is 8.60. The molecule has 2 unspecified atom stereocenters. The van der Waals surface area contributed by atoms with Crippen LogP contribution in [0.15, 0.2) is 0 Å². The van der Waals surface area contributed by atoms with Gasteiger partial charge >= 0.3 is 0 Å². The van der Waals surface area contributed by atoms with Crippen LogP contribution in [0.2, 0.25) is 0 Å². The number of nitrogens with zero attached hydrogens (tertiary/aromatic N) is 1. The molecule has 0 aromatic heterocycles. The molecular formula is C14H29NO. The van der Waals surface area contributed by atoms with E-state index in [2.05, 4.69) is 32.6 Å². The van der Waals surface area contributed by atoms with Crippen molar-refractivity contribution in [3.8, 4) is 0 Å². The highest BCUT2D eigenvalue weighted by Gasteiger charge is 2.25. The SMILES string of the molecule is CCCC(CC)N(C(C)=O)C(CC)CCC. The van der Waals surface area contributed by atoms with Crippen LogP contribution in [0.25, 0.3) is 0 Å². The van der Waals surface area contributed by atoms with Gasteiger partial charge in [-0.25, -0.2) is 0 Å². The fourth-order valence-corrected chi connectivity index (χ4v) is 2.56. The van der Waals surface area contributed by atoms with Crippen molar-refractivity contribution in [2.45, 2.75) is 85.2 Å². The molecule has 0 N–H and O–H groups in total. The number of hydrogen-bond donors (Lipinski definition) is 0. The largest absolute Gasteiger partial charge is 0.337 e. The number of carbonyl (C=O) groups is 1. The summed E-state index contributed by atoms with van der Waals surface area (Å²) in [6, 6.07) is 0.887. The minimum Gasteiger partial charge on any atom is -0.337 e. The summed E-state index contributed by atoms with van der Waals surface area (Å²) in [4.78, 5) is 14.0. The Labute approximate surface area is 101 Å². The van der Waals surface area contributed by atoms with Gasteiger partial charge in [-0.15, -0.1) is 0 Å². The summed E-state index contributed by atoms with van der Waals surface area (Å²) in [5, 5.41) is 0. The maximum Gasteiger partial charge on any atom is 0.219 e. The normalized spacial score (nSPS) is 14.6. The zero-order valence-corrected chi connectivity index (χ0v) is 11.8. The summed E-state index contributed by atoms with van der Waals surface area (Å²) in [7, 11) is 0. The molecule has 0 fully saturated rings. The second-order valence-corrected chi connectivity index (χ2v) is 4.63. The Kier molecular flexibility index (Phi) is 8.32. The summed E-state index contributed by atoms with van der Waals surface area (Å²) < 4.78 is 0. The van der Waals surface area contributed by atoms with E-state index >= 15 is 0 Å². The predicted octanol–water partition coefficient (Wildman–Crippen LogP) is 3.99. The molecule has 0 rings (SSSR count). The molecule has 2 nitrogen and oxygen atoms in total. The van der Waals surface area contributed by atoms with E-state index in [0.29, 0.717) is 12.1 Å². The van der Waals surface area contributed by atoms with Gasteiger partial charge in [0.25, 0.3) is 0 Å². The molecule has 2 atom stereocenters. The van der Waals surface area contributed by atoms with Gasteiger partial charge < -0.3 is 4.90 Å². The third-order valence-corrected chi connectivity index (χ3v) is 3.34. The first-order valence-corrected chi connectivity index (χ1v) is 6.91. The Hall–Kier alpha value is -0.530. The zero-order chi connectivity index (χ0) is 12.6. The number of amides is 1. The molecule has 16 heavy (non-hydrogen) atoms. The summed E-state index contributed by atoms with van der Waals surface area (Å²) in [5.74, 6) is 0.251. The Morgan fingerprint density at radius 3 is 1.50 bits per heavy atom. The van der Waals surface area contributed by atoms with Crippen LogP contribution in [-0.2, 0) is 4.79 Å². The van der Waals surface area contributed by atoms with Gasteiger partial charge in [-0.2, -0.15) is 0 Å². The molecule has 96 valence electrons. The van der Waals surface area contributed by atoms with Crippen LogP contribution in [0, 0.1) is 0 Å². The van der Waals surface area contributed by atoms with Crippen molar-refractivity contribution in [1.29, 1.82) is 0 Å². The average molecular weight is 227 g/mol. The quantitative estimate of drug-likeness (QED) is 0.614. The first kappa shape index (κ1) is 15.5. The van der Waals surface area contributed by atoms with Crippen LogP contribution in [0.4, 0.5) is 0 Å². The van der Waals surface area contributed by atoms with Crippen molar-refractivity contribution in [3.63, 3.8) is 0 Å². The minimum absolute atomic E-state index is 0.251. The average Bonchev–Trinajstić information content (AvgIpc) is 2.26. The fourth-order valence-electron chi connectivity index (χ4n) is 2.56. The number of carbonyl (C=O) groups excluding carboxylic acids is 1. The van der Waals surface area contributed by atoms with E-state index in [1.165, 1.54) is 0 Å². The lowest BCUT2D eigenvalue weighted by Gasteiger charge is -2.37. The molecule has 0 radical (unpaired) electrons. The molecule has 0 aliphatic carbocycles. The lowest BCUT2D eigenvalue weighted by atomic mass is 10.0. The molecule has 0 saturated carbocycles. The van der Waals surface area contributed by atoms with Crippen molar-refractivity contribution >= 4 is 5.91 Å². The summed E-state index contributed by atoms with van der Waals surface area (Å²) >= 11 is 0. The molecule has 0 saturated heterocycles. The zero-order valence-electron chi connectivity index (χ0n) is 11.8. The minimum atomic E-state index is 0.251. The van der Waals surface area contributed by atoms with Crippen molar-refractivity contribution in [2.24, 2.45) is 0 Å². The van der Waals surface area contributed by atoms with Crippen molar-refractivity contribution in [1.82, 2.24) is 4.90 Å². The maximum atomic E-state index is 11.8. The summed E-state index contributed by atoms with van der Waals surface area (Å²) in [6.45, 7) is 10.5. The van der Waals surface area contributed by atoms with E-state index in [1.807, 2.05) is 0 Å². The van der Waals surface area contributed by atoms with Gasteiger partial charge in [-0.1, -0.05) is 40.5 Å². The monoisotopic (exact) mass is 227 g/mol. The third-order valence-electron chi connectivity index (χ3n) is 3.34. The molecular weight excluding hydrogens is 198 g/mol. The standard InChI is InChI=1S/C14H29NO/c1-6-10-13(8-3)15(12(5)16)14(9-4)11-7-2/h13-14H,6-11H2,1-5H3. The fraction of sp³-hybridized carbons (Fsp3) is 0.929. The predicted molar refractivity (Wildman–Crippen MR) is 70.5 cm³/mol. The van der Waals surface area contributed by atoms with Gasteiger partial charge in [0.2, 0.25) is 5.91 Å². The lowest BCUT2D eigenvalue weighted by Crippen LogP contribution is -2.45. The molecule has 0 bridgehead atoms. The second-order valence-electron chi connectivity index (χ2n) is 4.63. The van der Waals surface area contributed by atoms with Gasteiger partial charge in [-0.05, 0) is 25.7 Å². The molecule has 0 heterocycles. The van der Waals surface area contributed by atoms with E-state index < -0.39 is 0 Å². The molecule has 0 aliphatic rings. The Bertz CT molecular complexity index is 177. The van der Waals surface area contributed by atoms with Gasteiger partial charge in [0.15, 0.2) is 0 Å². The van der Waals surface area contributed by atoms with E-state index in [4.69, 9.17) is 0 Å². The van der Waals surface area contributed by atoms with Crippen LogP contribution in [-0.4, -0.2) is 22.9 Å². The Morgan fingerprint density at radius 1 is 0.938 bits per heavy atom. The van der Waals surface area contributed by atoms with Crippen LogP contribution in [0.5, 0.6) is 0 Å². The highest BCUT2D eigenvalue weighted by Crippen LogP contribution is 2.20. The van der Waals surface area contributed by atoms with Crippen molar-refractivity contribution < 1.29 is 4.79 Å². The maximum absolute atomic E-state index is 11.8. The van der Waals surface area contributed by atoms with Gasteiger partial charge in [0.1, 0.15) is 0 Å². The van der Waals surface area contributed by atoms with Gasteiger partial charge in [0, 0.05) is 19.0 Å². The topological polar surface area (TPSA) is 20.3 Å². The molecule has 0 spiro atoms. The molecule has 0 aliphatic heterocycles. The highest BCUT2D eigenvalue weighted by atomic mass is 16.2. The third kappa shape index (κ3) is 4.54. The van der Waals surface area contributed by atoms with E-state index in [0.717, 1.165) is 38.5 Å². The smallest absolute Gasteiger partial charge is 0.219 e. The van der Waals surface area contributed by atoms with Crippen LogP contribution >= 0.6 is 0 Å². The Morgan fingerprint density at radius 2 is 1.31 bits per heavy atom. The summed E-state index contributed by atoms with van der Waals surface area (Å²) in [5.41, 5.74) is 0. The van der Waals surface area contributed by atoms with E-state index in [1.54, 1.807) is 6.92 Å². The molecule has 0 aromatic rings. The molecule has 2 heteroatoms. The molecule has 0 aromatic carbocycles. The van der Waals surface area contributed by atoms with E-state index in [9.17, 15) is 4.79 Å². The molecule has 1 amide bonds. The lowest BCUT2D eigenvalue weighted by molar-refractivity contribution is -0.134. The number of hydrogen-bond acceptors (Lipinski definition) is 1. The van der Waals surface area contributed by atoms with Crippen LogP contribution < -0.4 is 0 Å². The number of rotatable bonds is 8. The first-order chi connectivity index (χ1) is 7.62. The summed E-state index contributed by atoms with van der Waals surface area (Å²) in [6.07, 6.45) is 6.74. The first-order valence-electron chi connectivity index (χ1n) is 6.91. The van der Waals surface area contributed by atoms with Crippen molar-refractivity contribution in [2.75, 3.05) is 0 Å². The van der Waals surface area contributed by atoms with Gasteiger partial charge in [0.05, 0.1) is 0 Å². The Balaban J connectivity index is 4.71. The van der Waals surface area contributed by atoms with E-state index in [-0.39, 0.29) is 5.91 Å². The van der Waals surface area contributed by atoms with Crippen LogP contribution in [0.1, 0.15) is 73.1 Å².